The van der Waals surface area contributed by atoms with Crippen LogP contribution in [0, 0.1) is 10.1 Å². The summed E-state index contributed by atoms with van der Waals surface area (Å²) >= 11 is 0. The van der Waals surface area contributed by atoms with E-state index in [9.17, 15) is 37.7 Å². The van der Waals surface area contributed by atoms with Crippen LogP contribution in [0.15, 0.2) is 77.1 Å². The second-order valence-corrected chi connectivity index (χ2v) is 8.40. The number of hydrogen-bond acceptors (Lipinski definition) is 9. The average molecular weight is 548 g/mol. The Hall–Kier alpha value is -4.68. The van der Waals surface area contributed by atoms with Gasteiger partial charge < -0.3 is 19.5 Å². The average Bonchev–Trinajstić information content (AvgIpc) is 2.89. The van der Waals surface area contributed by atoms with Crippen LogP contribution >= 0.6 is 0 Å². The summed E-state index contributed by atoms with van der Waals surface area (Å²) in [6.07, 6.45) is -6.35. The Morgan fingerprint density at radius 3 is 2.18 bits per heavy atom. The third kappa shape index (κ3) is 6.80. The molecule has 1 N–H and O–H groups in total. The maximum absolute atomic E-state index is 13.6. The molecule has 39 heavy (non-hydrogen) atoms. The van der Waals surface area contributed by atoms with E-state index in [1.54, 1.807) is 18.2 Å². The van der Waals surface area contributed by atoms with Gasteiger partial charge in [0.2, 0.25) is 6.10 Å². The maximum atomic E-state index is 13.6. The number of nitro benzene ring substituents is 1. The van der Waals surface area contributed by atoms with Crippen molar-refractivity contribution >= 4 is 23.6 Å². The summed E-state index contributed by atoms with van der Waals surface area (Å²) in [7, 11) is 1.09. The molecule has 206 valence electrons. The smallest absolute Gasteiger partial charge is 0.422 e. The van der Waals surface area contributed by atoms with E-state index in [1.165, 1.54) is 44.2 Å². The first-order valence-corrected chi connectivity index (χ1v) is 11.3. The molecule has 2 aromatic carbocycles. The Balaban J connectivity index is 2.12. The van der Waals surface area contributed by atoms with Crippen molar-refractivity contribution < 1.29 is 46.7 Å². The predicted octanol–water partition coefficient (Wildman–Crippen LogP) is 4.39. The number of esters is 3. The number of nitrogens with one attached hydrogen (secondary N) is 1. The number of nitrogens with zero attached hydrogens (tertiary/aromatic N) is 1. The van der Waals surface area contributed by atoms with E-state index in [-0.39, 0.29) is 28.1 Å². The lowest BCUT2D eigenvalue weighted by Crippen LogP contribution is -2.34. The van der Waals surface area contributed by atoms with E-state index >= 15 is 0 Å². The molecule has 0 radical (unpaired) electrons. The highest BCUT2D eigenvalue weighted by molar-refractivity contribution is 6.00. The number of carbonyl (C=O) groups is 3. The van der Waals surface area contributed by atoms with Gasteiger partial charge in [-0.2, -0.15) is 13.2 Å². The number of dihydropyridines is 1. The lowest BCUT2D eigenvalue weighted by molar-refractivity contribution is -0.384. The number of carbonyl (C=O) groups excluding carboxylic acids is 3. The fourth-order valence-corrected chi connectivity index (χ4v) is 4.07. The number of halogens is 3. The molecular weight excluding hydrogens is 525 g/mol. The van der Waals surface area contributed by atoms with Crippen LogP contribution in [-0.2, 0) is 28.6 Å². The number of nitro groups is 1. The van der Waals surface area contributed by atoms with E-state index < -0.39 is 58.9 Å². The van der Waals surface area contributed by atoms with Gasteiger partial charge in [0, 0.05) is 29.1 Å². The minimum Gasteiger partial charge on any atom is -0.466 e. The van der Waals surface area contributed by atoms with Crippen molar-refractivity contribution in [2.45, 2.75) is 32.0 Å². The molecule has 2 unspecified atom stereocenters. The lowest BCUT2D eigenvalue weighted by Gasteiger charge is -2.31. The molecular formula is C26H23F3N2O8. The van der Waals surface area contributed by atoms with Crippen LogP contribution < -0.4 is 5.32 Å². The number of alkyl halides is 3. The molecule has 0 bridgehead atoms. The van der Waals surface area contributed by atoms with Crippen molar-refractivity contribution in [1.29, 1.82) is 0 Å². The quantitative estimate of drug-likeness (QED) is 0.221. The largest absolute Gasteiger partial charge is 0.466 e. The number of benzene rings is 2. The summed E-state index contributed by atoms with van der Waals surface area (Å²) in [5.74, 6) is -4.88. The maximum Gasteiger partial charge on any atom is 0.422 e. The predicted molar refractivity (Wildman–Crippen MR) is 129 cm³/mol. The molecule has 0 amide bonds. The molecule has 10 nitrogen and oxygen atoms in total. The third-order valence-electron chi connectivity index (χ3n) is 5.72. The highest BCUT2D eigenvalue weighted by atomic mass is 19.4. The first-order valence-electron chi connectivity index (χ1n) is 11.3. The zero-order valence-corrected chi connectivity index (χ0v) is 20.9. The van der Waals surface area contributed by atoms with E-state index in [0.29, 0.717) is 0 Å². The number of non-ortho nitro benzene ring substituents is 1. The summed E-state index contributed by atoms with van der Waals surface area (Å²) in [6, 6.07) is 12.8. The van der Waals surface area contributed by atoms with E-state index in [2.05, 4.69) is 10.1 Å². The molecule has 3 rings (SSSR count). The van der Waals surface area contributed by atoms with Gasteiger partial charge in [0.1, 0.15) is 0 Å². The van der Waals surface area contributed by atoms with Gasteiger partial charge >= 0.3 is 24.1 Å². The van der Waals surface area contributed by atoms with Crippen LogP contribution in [0.25, 0.3) is 0 Å². The molecule has 0 spiro atoms. The Bertz CT molecular complexity index is 1350. The van der Waals surface area contributed by atoms with Crippen molar-refractivity contribution in [3.63, 3.8) is 0 Å². The van der Waals surface area contributed by atoms with Crippen LogP contribution in [-0.4, -0.2) is 42.7 Å². The van der Waals surface area contributed by atoms with E-state index in [0.717, 1.165) is 13.2 Å². The Morgan fingerprint density at radius 2 is 1.62 bits per heavy atom. The second-order valence-electron chi connectivity index (χ2n) is 8.40. The minimum absolute atomic E-state index is 0.0321. The monoisotopic (exact) mass is 548 g/mol. The number of methoxy groups -OCH3 is 1. The molecule has 0 saturated carbocycles. The molecule has 1 aliphatic rings. The van der Waals surface area contributed by atoms with E-state index in [1.807, 2.05) is 0 Å². The Morgan fingerprint density at radius 1 is 1.00 bits per heavy atom. The summed E-state index contributed by atoms with van der Waals surface area (Å²) in [4.78, 5) is 49.7. The van der Waals surface area contributed by atoms with Crippen LogP contribution in [0.5, 0.6) is 0 Å². The molecule has 2 atom stereocenters. The highest BCUT2D eigenvalue weighted by Crippen LogP contribution is 2.41. The standard InChI is InChI=1S/C26H23F3N2O8/c1-14-19(23(32)38-13-26(27,28)29)21(17-10-7-11-18(12-17)31(35)36)20(15(2)30-14)24(33)39-22(25(34)37-3)16-8-5-4-6-9-16/h4-12,21-22,30H,13H2,1-3H3. The molecule has 0 aliphatic carbocycles. The van der Waals surface area contributed by atoms with E-state index in [4.69, 9.17) is 9.47 Å². The van der Waals surface area contributed by atoms with Crippen molar-refractivity contribution in [1.82, 2.24) is 5.32 Å². The van der Waals surface area contributed by atoms with Crippen molar-refractivity contribution in [2.24, 2.45) is 0 Å². The summed E-state index contributed by atoms with van der Waals surface area (Å²) < 4.78 is 53.2. The Kier molecular flexibility index (Phi) is 8.74. The molecule has 1 heterocycles. The van der Waals surface area contributed by atoms with Gasteiger partial charge in [0.25, 0.3) is 5.69 Å². The van der Waals surface area contributed by atoms with Crippen LogP contribution in [0.3, 0.4) is 0 Å². The molecule has 1 aliphatic heterocycles. The van der Waals surface area contributed by atoms with Gasteiger partial charge in [0.05, 0.1) is 29.1 Å². The topological polar surface area (TPSA) is 134 Å². The normalized spacial score (nSPS) is 16.2. The third-order valence-corrected chi connectivity index (χ3v) is 5.72. The van der Waals surface area contributed by atoms with Crippen molar-refractivity contribution in [2.75, 3.05) is 13.7 Å². The zero-order valence-electron chi connectivity index (χ0n) is 20.9. The SMILES string of the molecule is COC(=O)C(OC(=O)C1=C(C)NC(C)=C(C(=O)OCC(F)(F)F)C1c1cccc([N+](=O)[O-])c1)c1ccccc1. The van der Waals surface area contributed by atoms with Gasteiger partial charge in [0.15, 0.2) is 6.61 Å². The summed E-state index contributed by atoms with van der Waals surface area (Å²) in [6.45, 7) is 0.921. The van der Waals surface area contributed by atoms with Crippen molar-refractivity contribution in [3.8, 4) is 0 Å². The fourth-order valence-electron chi connectivity index (χ4n) is 4.07. The molecule has 13 heteroatoms. The lowest BCUT2D eigenvalue weighted by atomic mass is 9.80. The number of rotatable bonds is 8. The van der Waals surface area contributed by atoms with Crippen molar-refractivity contribution in [3.05, 3.63) is 98.4 Å². The number of allylic oxidation sites excluding steroid dienone is 2. The molecule has 2 aromatic rings. The first-order chi connectivity index (χ1) is 18.3. The summed E-state index contributed by atoms with van der Waals surface area (Å²) in [5, 5.41) is 14.2. The second kappa shape index (κ2) is 11.8. The molecule has 0 fully saturated rings. The van der Waals surface area contributed by atoms with Gasteiger partial charge in [-0.3, -0.25) is 10.1 Å². The number of ether oxygens (including phenoxy) is 3. The van der Waals surface area contributed by atoms with Crippen LogP contribution in [0.2, 0.25) is 0 Å². The van der Waals surface area contributed by atoms with Gasteiger partial charge in [-0.25, -0.2) is 14.4 Å². The number of hydrogen-bond donors (Lipinski definition) is 1. The highest BCUT2D eigenvalue weighted by Gasteiger charge is 2.41. The van der Waals surface area contributed by atoms with Crippen LogP contribution in [0.4, 0.5) is 18.9 Å². The Labute approximate surface area is 220 Å². The minimum atomic E-state index is -4.83. The molecule has 0 aromatic heterocycles. The fraction of sp³-hybridized carbons (Fsp3) is 0.269. The zero-order chi connectivity index (χ0) is 28.9. The molecule has 0 saturated heterocycles. The summed E-state index contributed by atoms with van der Waals surface area (Å²) in [5.41, 5.74) is -0.573. The van der Waals surface area contributed by atoms with Gasteiger partial charge in [-0.05, 0) is 19.4 Å². The first kappa shape index (κ1) is 28.9. The van der Waals surface area contributed by atoms with Gasteiger partial charge in [-0.1, -0.05) is 42.5 Å². The van der Waals surface area contributed by atoms with Crippen LogP contribution in [0.1, 0.15) is 37.0 Å². The van der Waals surface area contributed by atoms with Gasteiger partial charge in [-0.15, -0.1) is 0 Å².